The Hall–Kier alpha value is -3.25. The molecule has 1 N–H and O–H groups in total. The van der Waals surface area contributed by atoms with E-state index in [1.165, 1.54) is 23.2 Å². The molecule has 4 aromatic rings. The molecule has 2 aromatic heterocycles. The van der Waals surface area contributed by atoms with Crippen molar-refractivity contribution in [3.05, 3.63) is 77.4 Å². The maximum atomic E-state index is 12.4. The summed E-state index contributed by atoms with van der Waals surface area (Å²) in [5, 5.41) is 5.84. The summed E-state index contributed by atoms with van der Waals surface area (Å²) in [6, 6.07) is 18.0. The number of hydrogen-bond acceptors (Lipinski definition) is 5. The molecule has 0 aliphatic rings. The van der Waals surface area contributed by atoms with Crippen LogP contribution in [0.25, 0.3) is 21.3 Å². The first-order valence-electron chi connectivity index (χ1n) is 9.38. The monoisotopic (exact) mass is 403 g/mol. The van der Waals surface area contributed by atoms with Crippen molar-refractivity contribution >= 4 is 27.5 Å². The van der Waals surface area contributed by atoms with Gasteiger partial charge in [0.1, 0.15) is 11.2 Å². The molecule has 0 saturated heterocycles. The van der Waals surface area contributed by atoms with Crippen LogP contribution in [-0.4, -0.2) is 22.5 Å². The number of nitrogens with one attached hydrogen (secondary N) is 1. The molecule has 0 fully saturated rings. The number of nitrogens with zero attached hydrogens (tertiary/aromatic N) is 2. The molecule has 6 heteroatoms. The Bertz CT molecular complexity index is 1120. The Morgan fingerprint density at radius 3 is 2.62 bits per heavy atom. The summed E-state index contributed by atoms with van der Waals surface area (Å²) in [6.07, 6.45) is 1.47. The summed E-state index contributed by atoms with van der Waals surface area (Å²) in [7, 11) is 0. The summed E-state index contributed by atoms with van der Waals surface area (Å²) < 4.78 is 5.81. The molecule has 0 saturated carbocycles. The van der Waals surface area contributed by atoms with Crippen molar-refractivity contribution < 1.29 is 9.53 Å². The first kappa shape index (κ1) is 19.1. The van der Waals surface area contributed by atoms with Gasteiger partial charge in [0.2, 0.25) is 5.88 Å². The Balaban J connectivity index is 1.51. The Morgan fingerprint density at radius 1 is 1.10 bits per heavy atom. The molecule has 146 valence electrons. The second-order valence-electron chi connectivity index (χ2n) is 6.86. The van der Waals surface area contributed by atoms with Crippen molar-refractivity contribution in [2.24, 2.45) is 0 Å². The second kappa shape index (κ2) is 8.41. The van der Waals surface area contributed by atoms with Gasteiger partial charge in [-0.1, -0.05) is 60.2 Å². The van der Waals surface area contributed by atoms with Crippen molar-refractivity contribution in [3.8, 4) is 17.0 Å². The molecular weight excluding hydrogens is 382 g/mol. The lowest BCUT2D eigenvalue weighted by Gasteiger charge is -2.14. The number of carbonyl (C=O) groups excluding carboxylic acids is 1. The van der Waals surface area contributed by atoms with E-state index in [0.717, 1.165) is 26.9 Å². The maximum absolute atomic E-state index is 12.4. The third-order valence-electron chi connectivity index (χ3n) is 4.72. The fourth-order valence-corrected chi connectivity index (χ4v) is 4.05. The van der Waals surface area contributed by atoms with Gasteiger partial charge in [0, 0.05) is 10.9 Å². The molecule has 5 nitrogen and oxygen atoms in total. The smallest absolute Gasteiger partial charge is 0.258 e. The van der Waals surface area contributed by atoms with Crippen LogP contribution in [0.15, 0.2) is 66.3 Å². The number of rotatable bonds is 6. The number of ether oxygens (including phenoxy) is 1. The summed E-state index contributed by atoms with van der Waals surface area (Å²) >= 11 is 1.54. The topological polar surface area (TPSA) is 64.1 Å². The van der Waals surface area contributed by atoms with Gasteiger partial charge in [-0.3, -0.25) is 4.79 Å². The van der Waals surface area contributed by atoms with Crippen LogP contribution in [0.3, 0.4) is 0 Å². The molecule has 4 rings (SSSR count). The van der Waals surface area contributed by atoms with E-state index in [-0.39, 0.29) is 18.6 Å². The highest BCUT2D eigenvalue weighted by molar-refractivity contribution is 7.17. The molecular formula is C23H21N3O2S. The SMILES string of the molecule is Cc1ccc(-c2csc3ncnc(OCC(=O)NC(C)c4ccccc4)c23)cc1. The van der Waals surface area contributed by atoms with E-state index in [9.17, 15) is 4.79 Å². The van der Waals surface area contributed by atoms with Gasteiger partial charge in [0.15, 0.2) is 6.61 Å². The van der Waals surface area contributed by atoms with E-state index < -0.39 is 0 Å². The Labute approximate surface area is 173 Å². The molecule has 2 aromatic carbocycles. The van der Waals surface area contributed by atoms with Crippen LogP contribution < -0.4 is 10.1 Å². The quantitative estimate of drug-likeness (QED) is 0.496. The third-order valence-corrected chi connectivity index (χ3v) is 5.60. The van der Waals surface area contributed by atoms with E-state index in [0.29, 0.717) is 5.88 Å². The van der Waals surface area contributed by atoms with Crippen molar-refractivity contribution in [1.29, 1.82) is 0 Å². The second-order valence-corrected chi connectivity index (χ2v) is 7.72. The van der Waals surface area contributed by atoms with Crippen molar-refractivity contribution in [1.82, 2.24) is 15.3 Å². The molecule has 29 heavy (non-hydrogen) atoms. The normalized spacial score (nSPS) is 11.9. The largest absolute Gasteiger partial charge is 0.467 e. The fraction of sp³-hybridized carbons (Fsp3) is 0.174. The predicted octanol–water partition coefficient (Wildman–Crippen LogP) is 4.92. The van der Waals surface area contributed by atoms with Crippen LogP contribution in [0.4, 0.5) is 0 Å². The number of aromatic nitrogens is 2. The minimum absolute atomic E-state index is 0.0954. The summed E-state index contributed by atoms with van der Waals surface area (Å²) in [6.45, 7) is 3.90. The summed E-state index contributed by atoms with van der Waals surface area (Å²) in [4.78, 5) is 21.9. The molecule has 0 bridgehead atoms. The highest BCUT2D eigenvalue weighted by Gasteiger charge is 2.16. The zero-order chi connectivity index (χ0) is 20.2. The van der Waals surface area contributed by atoms with Gasteiger partial charge in [-0.15, -0.1) is 11.3 Å². The van der Waals surface area contributed by atoms with Crippen molar-refractivity contribution in [2.45, 2.75) is 19.9 Å². The molecule has 1 amide bonds. The van der Waals surface area contributed by atoms with E-state index >= 15 is 0 Å². The van der Waals surface area contributed by atoms with Crippen molar-refractivity contribution in [2.75, 3.05) is 6.61 Å². The van der Waals surface area contributed by atoms with Gasteiger partial charge < -0.3 is 10.1 Å². The average molecular weight is 404 g/mol. The highest BCUT2D eigenvalue weighted by atomic mass is 32.1. The number of fused-ring (bicyclic) bond motifs is 1. The molecule has 2 heterocycles. The molecule has 0 spiro atoms. The van der Waals surface area contributed by atoms with E-state index in [4.69, 9.17) is 4.74 Å². The first-order chi connectivity index (χ1) is 14.1. The van der Waals surface area contributed by atoms with Crippen LogP contribution in [0, 0.1) is 6.92 Å². The Kier molecular flexibility index (Phi) is 5.53. The predicted molar refractivity (Wildman–Crippen MR) is 116 cm³/mol. The lowest BCUT2D eigenvalue weighted by Crippen LogP contribution is -2.31. The number of aryl methyl sites for hydroxylation is 1. The van der Waals surface area contributed by atoms with E-state index in [2.05, 4.69) is 51.9 Å². The molecule has 1 unspecified atom stereocenters. The van der Waals surface area contributed by atoms with Crippen LogP contribution in [0.1, 0.15) is 24.1 Å². The molecule has 0 radical (unpaired) electrons. The van der Waals surface area contributed by atoms with Gasteiger partial charge in [0.25, 0.3) is 5.91 Å². The Morgan fingerprint density at radius 2 is 1.86 bits per heavy atom. The van der Waals surface area contributed by atoms with Crippen LogP contribution >= 0.6 is 11.3 Å². The molecule has 0 aliphatic carbocycles. The number of carbonyl (C=O) groups is 1. The van der Waals surface area contributed by atoms with Gasteiger partial charge in [-0.2, -0.15) is 0 Å². The zero-order valence-electron chi connectivity index (χ0n) is 16.3. The lowest BCUT2D eigenvalue weighted by molar-refractivity contribution is -0.123. The molecule has 0 aliphatic heterocycles. The van der Waals surface area contributed by atoms with E-state index in [1.54, 1.807) is 0 Å². The average Bonchev–Trinajstić information content (AvgIpc) is 3.18. The van der Waals surface area contributed by atoms with Gasteiger partial charge >= 0.3 is 0 Å². The third kappa shape index (κ3) is 4.27. The highest BCUT2D eigenvalue weighted by Crippen LogP contribution is 2.37. The minimum atomic E-state index is -0.194. The standard InChI is InChI=1S/C23H21N3O2S/c1-15-8-10-18(11-9-15)19-13-29-23-21(19)22(24-14-25-23)28-12-20(27)26-16(2)17-6-4-3-5-7-17/h3-11,13-14,16H,12H2,1-2H3,(H,26,27). The summed E-state index contributed by atoms with van der Waals surface area (Å²) in [5.74, 6) is 0.231. The van der Waals surface area contributed by atoms with Gasteiger partial charge in [-0.25, -0.2) is 9.97 Å². The van der Waals surface area contributed by atoms with Gasteiger partial charge in [0.05, 0.1) is 11.4 Å². The van der Waals surface area contributed by atoms with Crippen LogP contribution in [0.2, 0.25) is 0 Å². The fourth-order valence-electron chi connectivity index (χ4n) is 3.14. The van der Waals surface area contributed by atoms with Crippen LogP contribution in [-0.2, 0) is 4.79 Å². The lowest BCUT2D eigenvalue weighted by atomic mass is 10.0. The van der Waals surface area contributed by atoms with E-state index in [1.807, 2.05) is 37.3 Å². The first-order valence-corrected chi connectivity index (χ1v) is 10.3. The molecule has 1 atom stereocenters. The zero-order valence-corrected chi connectivity index (χ0v) is 17.1. The number of benzene rings is 2. The maximum Gasteiger partial charge on any atom is 0.258 e. The summed E-state index contributed by atoms with van der Waals surface area (Å²) in [5.41, 5.74) is 4.33. The number of hydrogen-bond donors (Lipinski definition) is 1. The minimum Gasteiger partial charge on any atom is -0.467 e. The number of amides is 1. The van der Waals surface area contributed by atoms with Gasteiger partial charge in [-0.05, 0) is 25.0 Å². The van der Waals surface area contributed by atoms with Crippen LogP contribution in [0.5, 0.6) is 5.88 Å². The number of thiophene rings is 1. The van der Waals surface area contributed by atoms with Crippen molar-refractivity contribution in [3.63, 3.8) is 0 Å².